The Hall–Kier alpha value is -2.07. The quantitative estimate of drug-likeness (QED) is 0.905. The Bertz CT molecular complexity index is 685. The molecule has 1 aromatic carbocycles. The minimum absolute atomic E-state index is 0.106. The van der Waals surface area contributed by atoms with Crippen molar-refractivity contribution in [1.82, 2.24) is 9.47 Å². The number of piperidine rings is 1. The Kier molecular flexibility index (Phi) is 5.59. The molecular weight excluding hydrogens is 312 g/mol. The normalized spacial score (nSPS) is 17.0. The molecule has 4 heteroatoms. The molecule has 2 aromatic rings. The predicted molar refractivity (Wildman–Crippen MR) is 99.6 cm³/mol. The molecule has 0 bridgehead atoms. The number of aliphatic hydroxyl groups excluding tert-OH is 1. The van der Waals surface area contributed by atoms with E-state index in [-0.39, 0.29) is 24.0 Å². The van der Waals surface area contributed by atoms with Gasteiger partial charge >= 0.3 is 0 Å². The second kappa shape index (κ2) is 7.87. The van der Waals surface area contributed by atoms with Crippen LogP contribution in [0.4, 0.5) is 0 Å². The van der Waals surface area contributed by atoms with Gasteiger partial charge in [-0.15, -0.1) is 0 Å². The molecule has 1 amide bonds. The van der Waals surface area contributed by atoms with E-state index in [0.717, 1.165) is 31.6 Å². The fourth-order valence-electron chi connectivity index (χ4n) is 3.70. The summed E-state index contributed by atoms with van der Waals surface area (Å²) in [5.74, 6) is 0.371. The van der Waals surface area contributed by atoms with E-state index in [9.17, 15) is 9.90 Å². The molecule has 1 saturated heterocycles. The first kappa shape index (κ1) is 17.7. The van der Waals surface area contributed by atoms with Crippen LogP contribution in [0.3, 0.4) is 0 Å². The third-order valence-electron chi connectivity index (χ3n) is 5.21. The molecule has 1 aromatic heterocycles. The van der Waals surface area contributed by atoms with Gasteiger partial charge in [-0.05, 0) is 56.7 Å². The highest BCUT2D eigenvalue weighted by molar-refractivity contribution is 5.92. The smallest absolute Gasteiger partial charge is 0.270 e. The van der Waals surface area contributed by atoms with Gasteiger partial charge in [-0.2, -0.15) is 0 Å². The largest absolute Gasteiger partial charge is 0.392 e. The standard InChI is InChI=1S/C21H28N2O2/c1-16(2)23-12-6-9-19(23)21(25)22-13-10-18(11-14-22)20(24)15-17-7-4-3-5-8-17/h3-9,12,16,18,20,24H,10-11,13-15H2,1-2H3/t20-/m1/s1. The van der Waals surface area contributed by atoms with E-state index in [1.165, 1.54) is 5.56 Å². The van der Waals surface area contributed by atoms with Crippen molar-refractivity contribution in [1.29, 1.82) is 0 Å². The highest BCUT2D eigenvalue weighted by atomic mass is 16.3. The van der Waals surface area contributed by atoms with Gasteiger partial charge in [0.2, 0.25) is 0 Å². The van der Waals surface area contributed by atoms with Gasteiger partial charge in [0.1, 0.15) is 5.69 Å². The number of carbonyl (C=O) groups excluding carboxylic acids is 1. The molecule has 1 aliphatic heterocycles. The van der Waals surface area contributed by atoms with Gasteiger partial charge in [0, 0.05) is 25.3 Å². The van der Waals surface area contributed by atoms with Crippen molar-refractivity contribution >= 4 is 5.91 Å². The van der Waals surface area contributed by atoms with E-state index in [0.29, 0.717) is 6.42 Å². The molecule has 2 heterocycles. The highest BCUT2D eigenvalue weighted by Crippen LogP contribution is 2.24. The maximum Gasteiger partial charge on any atom is 0.270 e. The fourth-order valence-corrected chi connectivity index (χ4v) is 3.70. The topological polar surface area (TPSA) is 45.5 Å². The number of benzene rings is 1. The number of rotatable bonds is 5. The van der Waals surface area contributed by atoms with Crippen LogP contribution in [0.1, 0.15) is 48.8 Å². The third-order valence-corrected chi connectivity index (χ3v) is 5.21. The molecule has 1 N–H and O–H groups in total. The van der Waals surface area contributed by atoms with Gasteiger partial charge in [-0.25, -0.2) is 0 Å². The van der Waals surface area contributed by atoms with Crippen LogP contribution in [0.2, 0.25) is 0 Å². The van der Waals surface area contributed by atoms with Gasteiger partial charge in [-0.1, -0.05) is 30.3 Å². The minimum atomic E-state index is -0.334. The predicted octanol–water partition coefficient (Wildman–Crippen LogP) is 3.52. The first-order valence-corrected chi connectivity index (χ1v) is 9.24. The lowest BCUT2D eigenvalue weighted by Gasteiger charge is -2.34. The average molecular weight is 340 g/mol. The van der Waals surface area contributed by atoms with Crippen molar-refractivity contribution in [2.75, 3.05) is 13.1 Å². The Morgan fingerprint density at radius 1 is 1.12 bits per heavy atom. The van der Waals surface area contributed by atoms with Gasteiger partial charge in [0.25, 0.3) is 5.91 Å². The Morgan fingerprint density at radius 2 is 1.80 bits per heavy atom. The molecule has 3 rings (SSSR count). The van der Waals surface area contributed by atoms with Crippen molar-refractivity contribution in [3.05, 3.63) is 59.9 Å². The minimum Gasteiger partial charge on any atom is -0.392 e. The van der Waals surface area contributed by atoms with Crippen LogP contribution in [0, 0.1) is 5.92 Å². The molecule has 1 fully saturated rings. The number of aliphatic hydroxyl groups is 1. The molecular formula is C21H28N2O2. The third kappa shape index (κ3) is 4.13. The number of aromatic nitrogens is 1. The average Bonchev–Trinajstić information content (AvgIpc) is 3.12. The first-order chi connectivity index (χ1) is 12.1. The summed E-state index contributed by atoms with van der Waals surface area (Å²) in [7, 11) is 0. The summed E-state index contributed by atoms with van der Waals surface area (Å²) in [5.41, 5.74) is 1.93. The van der Waals surface area contributed by atoms with Crippen LogP contribution in [0.25, 0.3) is 0 Å². The molecule has 4 nitrogen and oxygen atoms in total. The SMILES string of the molecule is CC(C)n1cccc1C(=O)N1CCC([C@H](O)Cc2ccccc2)CC1. The molecule has 0 spiro atoms. The maximum atomic E-state index is 12.8. The van der Waals surface area contributed by atoms with Crippen molar-refractivity contribution in [2.45, 2.75) is 45.3 Å². The van der Waals surface area contributed by atoms with Crippen molar-refractivity contribution in [3.63, 3.8) is 0 Å². The van der Waals surface area contributed by atoms with Gasteiger partial charge in [-0.3, -0.25) is 4.79 Å². The molecule has 0 unspecified atom stereocenters. The lowest BCUT2D eigenvalue weighted by Crippen LogP contribution is -2.42. The molecule has 0 aliphatic carbocycles. The Morgan fingerprint density at radius 3 is 2.44 bits per heavy atom. The molecule has 1 atom stereocenters. The molecule has 1 aliphatic rings. The monoisotopic (exact) mass is 340 g/mol. The second-order valence-corrected chi connectivity index (χ2v) is 7.28. The van der Waals surface area contributed by atoms with E-state index in [4.69, 9.17) is 0 Å². The second-order valence-electron chi connectivity index (χ2n) is 7.28. The van der Waals surface area contributed by atoms with E-state index in [1.807, 2.05) is 46.0 Å². The number of nitrogens with zero attached hydrogens (tertiary/aromatic N) is 2. The van der Waals surface area contributed by atoms with Crippen LogP contribution < -0.4 is 0 Å². The zero-order valence-corrected chi connectivity index (χ0v) is 15.1. The van der Waals surface area contributed by atoms with Crippen LogP contribution in [-0.4, -0.2) is 39.7 Å². The summed E-state index contributed by atoms with van der Waals surface area (Å²) in [5, 5.41) is 10.5. The number of likely N-dealkylation sites (tertiary alicyclic amines) is 1. The van der Waals surface area contributed by atoms with Gasteiger partial charge in [0.15, 0.2) is 0 Å². The van der Waals surface area contributed by atoms with E-state index < -0.39 is 0 Å². The van der Waals surface area contributed by atoms with Crippen LogP contribution >= 0.6 is 0 Å². The summed E-state index contributed by atoms with van der Waals surface area (Å²) in [6, 6.07) is 14.2. The van der Waals surface area contributed by atoms with E-state index >= 15 is 0 Å². The van der Waals surface area contributed by atoms with Crippen LogP contribution in [0.5, 0.6) is 0 Å². The highest BCUT2D eigenvalue weighted by Gasteiger charge is 2.29. The van der Waals surface area contributed by atoms with Crippen molar-refractivity contribution in [2.24, 2.45) is 5.92 Å². The number of hydrogen-bond donors (Lipinski definition) is 1. The maximum absolute atomic E-state index is 12.8. The molecule has 25 heavy (non-hydrogen) atoms. The summed E-state index contributed by atoms with van der Waals surface area (Å²) in [4.78, 5) is 14.7. The van der Waals surface area contributed by atoms with Crippen molar-refractivity contribution in [3.8, 4) is 0 Å². The van der Waals surface area contributed by atoms with E-state index in [1.54, 1.807) is 0 Å². The van der Waals surface area contributed by atoms with Crippen LogP contribution in [0.15, 0.2) is 48.7 Å². The molecule has 134 valence electrons. The van der Waals surface area contributed by atoms with Gasteiger partial charge < -0.3 is 14.6 Å². The summed E-state index contributed by atoms with van der Waals surface area (Å²) in [6.07, 6.45) is 4.05. The van der Waals surface area contributed by atoms with Crippen molar-refractivity contribution < 1.29 is 9.90 Å². The number of hydrogen-bond acceptors (Lipinski definition) is 2. The zero-order valence-electron chi connectivity index (χ0n) is 15.1. The number of amides is 1. The lowest BCUT2D eigenvalue weighted by molar-refractivity contribution is 0.0460. The summed E-state index contributed by atoms with van der Waals surface area (Å²) < 4.78 is 2.03. The zero-order chi connectivity index (χ0) is 17.8. The van der Waals surface area contributed by atoms with Crippen LogP contribution in [-0.2, 0) is 6.42 Å². The van der Waals surface area contributed by atoms with E-state index in [2.05, 4.69) is 26.0 Å². The number of carbonyl (C=O) groups is 1. The Labute approximate surface area is 150 Å². The molecule has 0 saturated carbocycles. The fraction of sp³-hybridized carbons (Fsp3) is 0.476. The summed E-state index contributed by atoms with van der Waals surface area (Å²) in [6.45, 7) is 5.61. The molecule has 0 radical (unpaired) electrons. The Balaban J connectivity index is 1.56. The summed E-state index contributed by atoms with van der Waals surface area (Å²) >= 11 is 0. The first-order valence-electron chi connectivity index (χ1n) is 9.24. The van der Waals surface area contributed by atoms with Gasteiger partial charge in [0.05, 0.1) is 6.10 Å². The lowest BCUT2D eigenvalue weighted by atomic mass is 9.88.